The zero-order valence-electron chi connectivity index (χ0n) is 12.9. The molecule has 0 radical (unpaired) electrons. The summed E-state index contributed by atoms with van der Waals surface area (Å²) in [7, 11) is 0. The van der Waals surface area contributed by atoms with Crippen LogP contribution in [0.25, 0.3) is 12.2 Å². The molecule has 2 rings (SSSR count). The van der Waals surface area contributed by atoms with Crippen LogP contribution in [0.5, 0.6) is 11.5 Å². The maximum atomic E-state index is 5.48. The number of rotatable bonds is 6. The fourth-order valence-electron chi connectivity index (χ4n) is 1.91. The largest absolute Gasteiger partial charge is 0.462 e. The summed E-state index contributed by atoms with van der Waals surface area (Å²) in [6.07, 6.45) is 11.2. The summed E-state index contributed by atoms with van der Waals surface area (Å²) in [5, 5.41) is 0. The zero-order valence-corrected chi connectivity index (χ0v) is 12.9. The van der Waals surface area contributed by atoms with Gasteiger partial charge in [-0.25, -0.2) is 0 Å². The van der Waals surface area contributed by atoms with Crippen LogP contribution in [-0.2, 0) is 0 Å². The molecule has 2 aromatic carbocycles. The molecule has 2 heteroatoms. The molecule has 0 saturated heterocycles. The van der Waals surface area contributed by atoms with Crippen LogP contribution >= 0.6 is 0 Å². The van der Waals surface area contributed by atoms with Crippen molar-refractivity contribution in [3.05, 3.63) is 84.3 Å². The second-order valence-corrected chi connectivity index (χ2v) is 4.65. The van der Waals surface area contributed by atoms with Gasteiger partial charge in [0, 0.05) is 0 Å². The van der Waals surface area contributed by atoms with Gasteiger partial charge in [0.05, 0.1) is 0 Å². The Morgan fingerprint density at radius 1 is 0.591 bits per heavy atom. The van der Waals surface area contributed by atoms with Crippen molar-refractivity contribution < 1.29 is 9.47 Å². The molecule has 0 bridgehead atoms. The Kier molecular flexibility index (Phi) is 6.06. The summed E-state index contributed by atoms with van der Waals surface area (Å²) < 4.78 is 11.0. The fraction of sp³-hybridized carbons (Fsp3) is 0.100. The minimum absolute atomic E-state index is 0.775. The molecule has 22 heavy (non-hydrogen) atoms. The number of allylic oxidation sites excluding steroid dienone is 2. The maximum absolute atomic E-state index is 5.48. The van der Waals surface area contributed by atoms with Crippen LogP contribution < -0.4 is 9.47 Å². The Bertz CT molecular complexity index is 588. The lowest BCUT2D eigenvalue weighted by atomic mass is 10.2. The molecular weight excluding hydrogens is 272 g/mol. The van der Waals surface area contributed by atoms with Crippen molar-refractivity contribution >= 4 is 12.2 Å². The average molecular weight is 292 g/mol. The van der Waals surface area contributed by atoms with Crippen LogP contribution in [0.15, 0.2) is 73.2 Å². The maximum Gasteiger partial charge on any atom is 0.126 e. The van der Waals surface area contributed by atoms with Gasteiger partial charge in [0.1, 0.15) is 24.0 Å². The van der Waals surface area contributed by atoms with Gasteiger partial charge in [0.15, 0.2) is 0 Å². The molecule has 2 aromatic rings. The van der Waals surface area contributed by atoms with E-state index in [1.54, 1.807) is 0 Å². The first kappa shape index (κ1) is 15.6. The Morgan fingerprint density at radius 2 is 0.955 bits per heavy atom. The van der Waals surface area contributed by atoms with E-state index in [4.69, 9.17) is 9.47 Å². The number of benzene rings is 2. The first-order valence-electron chi connectivity index (χ1n) is 7.25. The second kappa shape index (κ2) is 8.53. The highest BCUT2D eigenvalue weighted by atomic mass is 16.5. The molecule has 0 amide bonds. The lowest BCUT2D eigenvalue weighted by molar-refractivity contribution is 0.422. The van der Waals surface area contributed by atoms with E-state index in [0.717, 1.165) is 22.6 Å². The number of hydrogen-bond acceptors (Lipinski definition) is 2. The van der Waals surface area contributed by atoms with Gasteiger partial charge in [0.25, 0.3) is 0 Å². The van der Waals surface area contributed by atoms with Crippen molar-refractivity contribution in [1.29, 1.82) is 0 Å². The van der Waals surface area contributed by atoms with Crippen LogP contribution in [0, 0.1) is 0 Å². The van der Waals surface area contributed by atoms with E-state index in [0.29, 0.717) is 0 Å². The molecule has 0 aliphatic rings. The minimum Gasteiger partial charge on any atom is -0.462 e. The highest BCUT2D eigenvalue weighted by Crippen LogP contribution is 2.15. The van der Waals surface area contributed by atoms with Crippen molar-refractivity contribution in [2.75, 3.05) is 0 Å². The van der Waals surface area contributed by atoms with Crippen molar-refractivity contribution in [3.8, 4) is 11.5 Å². The molecule has 0 heterocycles. The van der Waals surface area contributed by atoms with Gasteiger partial charge in [-0.2, -0.15) is 0 Å². The van der Waals surface area contributed by atoms with E-state index in [-0.39, 0.29) is 0 Å². The highest BCUT2D eigenvalue weighted by molar-refractivity contribution is 5.50. The monoisotopic (exact) mass is 292 g/mol. The van der Waals surface area contributed by atoms with Crippen LogP contribution in [0.1, 0.15) is 25.0 Å². The first-order chi connectivity index (χ1) is 10.8. The lowest BCUT2D eigenvalue weighted by Gasteiger charge is -2.02. The highest BCUT2D eigenvalue weighted by Gasteiger charge is 1.92. The van der Waals surface area contributed by atoms with E-state index in [2.05, 4.69) is 0 Å². The smallest absolute Gasteiger partial charge is 0.126 e. The average Bonchev–Trinajstić information content (AvgIpc) is 2.55. The SMILES string of the molecule is C/C=C/c1ccc(O/C=C\Oc2ccc(/C=C/C)cc2)cc1. The standard InChI is InChI=1S/C20H20O2/c1-3-5-17-7-11-19(12-8-17)21-15-16-22-20-13-9-18(6-4-2)10-14-20/h3-16H,1-2H3/b5-3+,6-4+,16-15-. The van der Waals surface area contributed by atoms with Crippen LogP contribution in [0.2, 0.25) is 0 Å². The summed E-state index contributed by atoms with van der Waals surface area (Å²) >= 11 is 0. The van der Waals surface area contributed by atoms with E-state index in [9.17, 15) is 0 Å². The fourth-order valence-corrected chi connectivity index (χ4v) is 1.91. The van der Waals surface area contributed by atoms with Crippen LogP contribution in [-0.4, -0.2) is 0 Å². The molecule has 0 fully saturated rings. The van der Waals surface area contributed by atoms with Gasteiger partial charge in [-0.15, -0.1) is 0 Å². The summed E-state index contributed by atoms with van der Waals surface area (Å²) in [4.78, 5) is 0. The van der Waals surface area contributed by atoms with Gasteiger partial charge < -0.3 is 9.47 Å². The van der Waals surface area contributed by atoms with Crippen LogP contribution in [0.3, 0.4) is 0 Å². The topological polar surface area (TPSA) is 18.5 Å². The van der Waals surface area contributed by atoms with Crippen molar-refractivity contribution in [3.63, 3.8) is 0 Å². The second-order valence-electron chi connectivity index (χ2n) is 4.65. The molecule has 112 valence electrons. The Labute approximate surface area is 132 Å². The first-order valence-corrected chi connectivity index (χ1v) is 7.25. The Hall–Kier alpha value is -2.74. The van der Waals surface area contributed by atoms with Gasteiger partial charge >= 0.3 is 0 Å². The molecule has 0 atom stereocenters. The summed E-state index contributed by atoms with van der Waals surface area (Å²) in [5.74, 6) is 1.55. The summed E-state index contributed by atoms with van der Waals surface area (Å²) in [5.41, 5.74) is 2.30. The summed E-state index contributed by atoms with van der Waals surface area (Å²) in [6.45, 7) is 3.99. The molecule has 0 saturated carbocycles. The molecule has 0 unspecified atom stereocenters. The quantitative estimate of drug-likeness (QED) is 0.637. The number of ether oxygens (including phenoxy) is 2. The van der Waals surface area contributed by atoms with E-state index in [1.807, 2.05) is 86.7 Å². The molecule has 0 aromatic heterocycles. The third kappa shape index (κ3) is 4.98. The minimum atomic E-state index is 0.775. The normalized spacial score (nSPS) is 11.5. The van der Waals surface area contributed by atoms with Gasteiger partial charge in [-0.3, -0.25) is 0 Å². The molecule has 2 nitrogen and oxygen atoms in total. The third-order valence-electron chi connectivity index (χ3n) is 2.94. The van der Waals surface area contributed by atoms with E-state index < -0.39 is 0 Å². The third-order valence-corrected chi connectivity index (χ3v) is 2.94. The lowest BCUT2D eigenvalue weighted by Crippen LogP contribution is -1.86. The predicted octanol–water partition coefficient (Wildman–Crippen LogP) is 5.68. The van der Waals surface area contributed by atoms with Crippen molar-refractivity contribution in [2.24, 2.45) is 0 Å². The van der Waals surface area contributed by atoms with Crippen molar-refractivity contribution in [1.82, 2.24) is 0 Å². The molecule has 0 aliphatic heterocycles. The Balaban J connectivity index is 1.84. The van der Waals surface area contributed by atoms with Crippen molar-refractivity contribution in [2.45, 2.75) is 13.8 Å². The van der Waals surface area contributed by atoms with Gasteiger partial charge in [-0.1, -0.05) is 48.6 Å². The van der Waals surface area contributed by atoms with Gasteiger partial charge in [-0.05, 0) is 49.2 Å². The molecule has 0 N–H and O–H groups in total. The molecule has 0 spiro atoms. The van der Waals surface area contributed by atoms with Gasteiger partial charge in [0.2, 0.25) is 0 Å². The Morgan fingerprint density at radius 3 is 1.27 bits per heavy atom. The van der Waals surface area contributed by atoms with Crippen LogP contribution in [0.4, 0.5) is 0 Å². The van der Waals surface area contributed by atoms with E-state index in [1.165, 1.54) is 12.5 Å². The summed E-state index contributed by atoms with van der Waals surface area (Å²) in [6, 6.07) is 15.7. The predicted molar refractivity (Wildman–Crippen MR) is 92.7 cm³/mol. The zero-order chi connectivity index (χ0) is 15.6. The molecule has 0 aliphatic carbocycles. The number of hydrogen-bond donors (Lipinski definition) is 0. The molecular formula is C20H20O2. The van der Waals surface area contributed by atoms with E-state index >= 15 is 0 Å².